The zero-order valence-electron chi connectivity index (χ0n) is 13.9. The minimum atomic E-state index is 0. The Morgan fingerprint density at radius 2 is 1.92 bits per heavy atom. The van der Waals surface area contributed by atoms with Crippen LogP contribution in [0.2, 0.25) is 0 Å². The number of nitrogens with two attached hydrogens (primary N) is 2. The second-order valence-electron chi connectivity index (χ2n) is 6.04. The number of rotatable bonds is 5. The maximum absolute atomic E-state index is 5.84. The fraction of sp³-hybridized carbons (Fsp3) is 0.533. The van der Waals surface area contributed by atoms with Crippen LogP contribution in [0.3, 0.4) is 0 Å². The minimum absolute atomic E-state index is 0. The van der Waals surface area contributed by atoms with Crippen LogP contribution in [-0.4, -0.2) is 32.3 Å². The van der Waals surface area contributed by atoms with Crippen LogP contribution in [-0.2, 0) is 6.54 Å². The molecule has 2 aromatic rings. The maximum atomic E-state index is 5.84. The highest BCUT2D eigenvalue weighted by atomic mass is 35.5. The molecule has 1 aliphatic rings. The van der Waals surface area contributed by atoms with Gasteiger partial charge in [-0.15, -0.1) is 24.8 Å². The summed E-state index contributed by atoms with van der Waals surface area (Å²) < 4.78 is 1.98. The van der Waals surface area contributed by atoms with Crippen molar-refractivity contribution in [2.24, 2.45) is 5.73 Å². The largest absolute Gasteiger partial charge is 0.368 e. The Morgan fingerprint density at radius 3 is 2.50 bits per heavy atom. The molecule has 1 saturated carbocycles. The molecule has 24 heavy (non-hydrogen) atoms. The Kier molecular flexibility index (Phi) is 7.26. The van der Waals surface area contributed by atoms with E-state index in [1.165, 1.54) is 0 Å². The average molecular weight is 374 g/mol. The van der Waals surface area contributed by atoms with E-state index in [2.05, 4.69) is 33.4 Å². The number of nitrogen functional groups attached to an aromatic ring is 1. The van der Waals surface area contributed by atoms with Crippen molar-refractivity contribution >= 4 is 36.6 Å². The molecular weight excluding hydrogens is 349 g/mol. The minimum Gasteiger partial charge on any atom is -0.368 e. The number of nitrogens with zero attached hydrogens (tertiary/aromatic N) is 4. The molecule has 1 fully saturated rings. The van der Waals surface area contributed by atoms with Crippen LogP contribution >= 0.6 is 24.8 Å². The van der Waals surface area contributed by atoms with Crippen molar-refractivity contribution in [3.8, 4) is 0 Å². The molecule has 0 aromatic carbocycles. The Bertz CT molecular complexity index is 668. The lowest BCUT2D eigenvalue weighted by Crippen LogP contribution is -2.35. The van der Waals surface area contributed by atoms with Crippen molar-refractivity contribution in [1.82, 2.24) is 19.7 Å². The van der Waals surface area contributed by atoms with E-state index in [-0.39, 0.29) is 24.8 Å². The highest BCUT2D eigenvalue weighted by Crippen LogP contribution is 2.35. The van der Waals surface area contributed by atoms with Gasteiger partial charge in [-0.1, -0.05) is 0 Å². The number of aryl methyl sites for hydroxylation is 2. The van der Waals surface area contributed by atoms with Gasteiger partial charge in [0.05, 0.1) is 17.9 Å². The first-order valence-corrected chi connectivity index (χ1v) is 7.66. The lowest BCUT2D eigenvalue weighted by molar-refractivity contribution is 0.345. The summed E-state index contributed by atoms with van der Waals surface area (Å²) in [6.07, 6.45) is 1.95. The first-order valence-electron chi connectivity index (χ1n) is 7.66. The summed E-state index contributed by atoms with van der Waals surface area (Å²) in [5, 5.41) is 7.74. The Morgan fingerprint density at radius 1 is 1.21 bits per heavy atom. The fourth-order valence-corrected chi connectivity index (χ4v) is 2.88. The number of halogens is 2. The molecule has 5 N–H and O–H groups in total. The average Bonchev–Trinajstić information content (AvgIpc) is 2.73. The molecule has 3 rings (SSSR count). The molecular formula is C15H25Cl2N7. The molecule has 0 unspecified atom stereocenters. The number of nitrogens with one attached hydrogen (secondary N) is 1. The van der Waals surface area contributed by atoms with Crippen molar-refractivity contribution < 1.29 is 0 Å². The van der Waals surface area contributed by atoms with Gasteiger partial charge >= 0.3 is 0 Å². The lowest BCUT2D eigenvalue weighted by atomic mass is 9.78. The predicted molar refractivity (Wildman–Crippen MR) is 101 cm³/mol. The van der Waals surface area contributed by atoms with Gasteiger partial charge in [0, 0.05) is 30.3 Å². The Labute approximate surface area is 154 Å². The summed E-state index contributed by atoms with van der Waals surface area (Å²) in [6.45, 7) is 5.58. The smallest absolute Gasteiger partial charge is 0.222 e. The molecule has 0 amide bonds. The van der Waals surface area contributed by atoms with Gasteiger partial charge in [-0.2, -0.15) is 10.1 Å². The van der Waals surface area contributed by atoms with Gasteiger partial charge < -0.3 is 16.8 Å². The van der Waals surface area contributed by atoms with Crippen LogP contribution in [0, 0.1) is 13.8 Å². The third-order valence-corrected chi connectivity index (χ3v) is 4.09. The second kappa shape index (κ2) is 8.50. The monoisotopic (exact) mass is 373 g/mol. The van der Waals surface area contributed by atoms with E-state index >= 15 is 0 Å². The van der Waals surface area contributed by atoms with Gasteiger partial charge in [0.25, 0.3) is 0 Å². The van der Waals surface area contributed by atoms with Crippen LogP contribution < -0.4 is 16.8 Å². The number of aromatic nitrogens is 4. The molecule has 0 bridgehead atoms. The first-order chi connectivity index (χ1) is 10.5. The maximum Gasteiger partial charge on any atom is 0.222 e. The van der Waals surface area contributed by atoms with Gasteiger partial charge in [0.1, 0.15) is 5.82 Å². The van der Waals surface area contributed by atoms with Crippen molar-refractivity contribution in [3.05, 3.63) is 29.2 Å². The molecule has 9 heteroatoms. The predicted octanol–water partition coefficient (Wildman–Crippen LogP) is 2.03. The van der Waals surface area contributed by atoms with E-state index in [9.17, 15) is 0 Å². The molecule has 1 aliphatic carbocycles. The molecule has 2 heterocycles. The summed E-state index contributed by atoms with van der Waals surface area (Å²) in [4.78, 5) is 8.57. The van der Waals surface area contributed by atoms with Crippen LogP contribution in [0.25, 0.3) is 0 Å². The van der Waals surface area contributed by atoms with Crippen LogP contribution in [0.15, 0.2) is 12.1 Å². The third-order valence-electron chi connectivity index (χ3n) is 4.09. The highest BCUT2D eigenvalue weighted by molar-refractivity contribution is 5.85. The van der Waals surface area contributed by atoms with Crippen LogP contribution in [0.5, 0.6) is 0 Å². The van der Waals surface area contributed by atoms with E-state index in [0.29, 0.717) is 17.9 Å². The zero-order valence-corrected chi connectivity index (χ0v) is 15.5. The lowest BCUT2D eigenvalue weighted by Gasteiger charge is -2.32. The summed E-state index contributed by atoms with van der Waals surface area (Å²) in [6, 6.07) is 4.35. The molecule has 2 aromatic heterocycles. The fourth-order valence-electron chi connectivity index (χ4n) is 2.88. The normalized spacial score (nSPS) is 19.0. The molecule has 0 radical (unpaired) electrons. The standard InChI is InChI=1S/C15H23N7.2ClH/c1-9-5-10(2)22(21-9)4-3-18-14-8-13(19-15(17)20-14)11-6-12(16)7-11;;/h5,8,11-12H,3-4,6-7,16H2,1-2H3,(H3,17,18,19,20);2*1H. The second-order valence-corrected chi connectivity index (χ2v) is 6.04. The van der Waals surface area contributed by atoms with Crippen molar-refractivity contribution in [2.45, 2.75) is 45.2 Å². The van der Waals surface area contributed by atoms with Crippen molar-refractivity contribution in [2.75, 3.05) is 17.6 Å². The number of hydrogen-bond donors (Lipinski definition) is 3. The van der Waals surface area contributed by atoms with Crippen LogP contribution in [0.4, 0.5) is 11.8 Å². The molecule has 7 nitrogen and oxygen atoms in total. The zero-order chi connectivity index (χ0) is 15.7. The molecule has 0 atom stereocenters. The van der Waals surface area contributed by atoms with Gasteiger partial charge in [0.2, 0.25) is 5.95 Å². The van der Waals surface area contributed by atoms with E-state index in [0.717, 1.165) is 48.8 Å². The highest BCUT2D eigenvalue weighted by Gasteiger charge is 2.29. The molecule has 0 saturated heterocycles. The van der Waals surface area contributed by atoms with Gasteiger partial charge in [-0.05, 0) is 32.8 Å². The van der Waals surface area contributed by atoms with Crippen molar-refractivity contribution in [3.63, 3.8) is 0 Å². The Balaban J connectivity index is 0.00000144. The number of hydrogen-bond acceptors (Lipinski definition) is 6. The summed E-state index contributed by atoms with van der Waals surface area (Å²) >= 11 is 0. The van der Waals surface area contributed by atoms with Crippen molar-refractivity contribution in [1.29, 1.82) is 0 Å². The summed E-state index contributed by atoms with van der Waals surface area (Å²) in [5.41, 5.74) is 14.8. The van der Waals surface area contributed by atoms with E-state index in [1.54, 1.807) is 0 Å². The van der Waals surface area contributed by atoms with Crippen LogP contribution in [0.1, 0.15) is 35.8 Å². The summed E-state index contributed by atoms with van der Waals surface area (Å²) in [7, 11) is 0. The molecule has 134 valence electrons. The summed E-state index contributed by atoms with van der Waals surface area (Å²) in [5.74, 6) is 1.49. The van der Waals surface area contributed by atoms with E-state index in [4.69, 9.17) is 11.5 Å². The SMILES string of the molecule is Cc1cc(C)n(CCNc2cc(C3CC(N)C3)nc(N)n2)n1.Cl.Cl. The molecule has 0 aliphatic heterocycles. The van der Waals surface area contributed by atoms with Gasteiger partial charge in [-0.25, -0.2) is 4.98 Å². The first kappa shape index (κ1) is 20.5. The number of anilines is 2. The van der Waals surface area contributed by atoms with E-state index < -0.39 is 0 Å². The quantitative estimate of drug-likeness (QED) is 0.739. The van der Waals surface area contributed by atoms with Gasteiger partial charge in [-0.3, -0.25) is 4.68 Å². The third kappa shape index (κ3) is 4.72. The molecule has 0 spiro atoms. The Hall–Kier alpha value is -1.57. The topological polar surface area (TPSA) is 108 Å². The van der Waals surface area contributed by atoms with Gasteiger partial charge in [0.15, 0.2) is 0 Å². The van der Waals surface area contributed by atoms with E-state index in [1.807, 2.05) is 17.7 Å².